The number of halogens is 1. The fourth-order valence-electron chi connectivity index (χ4n) is 2.91. The fourth-order valence-corrected chi connectivity index (χ4v) is 4.02. The molecule has 3 aromatic rings. The third kappa shape index (κ3) is 4.13. The highest BCUT2D eigenvalue weighted by atomic mass is 35.5. The Morgan fingerprint density at radius 1 is 1.29 bits per heavy atom. The molecule has 9 heteroatoms. The number of aryl methyl sites for hydroxylation is 1. The van der Waals surface area contributed by atoms with Crippen LogP contribution in [-0.2, 0) is 22.5 Å². The zero-order valence-corrected chi connectivity index (χ0v) is 16.7. The molecule has 1 aliphatic rings. The minimum absolute atomic E-state index is 0.235. The number of anilines is 1. The SMILES string of the molecule is COC(=O)CCCc1nc(NCc2ccc3c(c2)OCO3)c2cc(Cl)sc2n1. The number of hydrogen-bond donors (Lipinski definition) is 1. The maximum Gasteiger partial charge on any atom is 0.305 e. The van der Waals surface area contributed by atoms with Gasteiger partial charge < -0.3 is 19.5 Å². The van der Waals surface area contributed by atoms with Crippen LogP contribution in [0.15, 0.2) is 24.3 Å². The summed E-state index contributed by atoms with van der Waals surface area (Å²) in [4.78, 5) is 21.4. The van der Waals surface area contributed by atoms with Crippen molar-refractivity contribution in [1.29, 1.82) is 0 Å². The van der Waals surface area contributed by atoms with Crippen molar-refractivity contribution in [2.24, 2.45) is 0 Å². The first-order valence-electron chi connectivity index (χ1n) is 8.77. The minimum atomic E-state index is -0.235. The summed E-state index contributed by atoms with van der Waals surface area (Å²) in [6.07, 6.45) is 1.54. The molecule has 1 N–H and O–H groups in total. The maximum absolute atomic E-state index is 11.3. The molecule has 7 nitrogen and oxygen atoms in total. The van der Waals surface area contributed by atoms with Crippen LogP contribution in [0.25, 0.3) is 10.2 Å². The van der Waals surface area contributed by atoms with Crippen LogP contribution >= 0.6 is 22.9 Å². The summed E-state index contributed by atoms with van der Waals surface area (Å²) in [7, 11) is 1.39. The Balaban J connectivity index is 1.52. The summed E-state index contributed by atoms with van der Waals surface area (Å²) in [6, 6.07) is 7.69. The van der Waals surface area contributed by atoms with Crippen molar-refractivity contribution in [3.05, 3.63) is 40.0 Å². The lowest BCUT2D eigenvalue weighted by Crippen LogP contribution is -2.06. The molecular formula is C19H18ClN3O4S. The number of esters is 1. The molecule has 0 fully saturated rings. The van der Waals surface area contributed by atoms with Crippen molar-refractivity contribution in [1.82, 2.24) is 9.97 Å². The molecular weight excluding hydrogens is 402 g/mol. The van der Waals surface area contributed by atoms with Crippen LogP contribution in [0.2, 0.25) is 4.34 Å². The Kier molecular flexibility index (Phi) is 5.50. The second-order valence-corrected chi connectivity index (χ2v) is 7.89. The summed E-state index contributed by atoms with van der Waals surface area (Å²) in [6.45, 7) is 0.818. The van der Waals surface area contributed by atoms with Crippen LogP contribution in [0, 0.1) is 0 Å². The quantitative estimate of drug-likeness (QED) is 0.575. The number of rotatable bonds is 7. The van der Waals surface area contributed by atoms with E-state index < -0.39 is 0 Å². The summed E-state index contributed by atoms with van der Waals surface area (Å²) in [5.41, 5.74) is 1.05. The second kappa shape index (κ2) is 8.20. The molecule has 0 spiro atoms. The zero-order valence-electron chi connectivity index (χ0n) is 15.2. The van der Waals surface area contributed by atoms with Gasteiger partial charge in [0.2, 0.25) is 6.79 Å². The number of hydrogen-bond acceptors (Lipinski definition) is 8. The van der Waals surface area contributed by atoms with E-state index in [-0.39, 0.29) is 12.8 Å². The van der Waals surface area contributed by atoms with E-state index in [1.54, 1.807) is 0 Å². The average Bonchev–Trinajstić information content (AvgIpc) is 3.30. The van der Waals surface area contributed by atoms with E-state index in [1.165, 1.54) is 18.4 Å². The molecule has 4 rings (SSSR count). The number of carbonyl (C=O) groups excluding carboxylic acids is 1. The number of nitrogens with zero attached hydrogens (tertiary/aromatic N) is 2. The molecule has 0 saturated carbocycles. The second-order valence-electron chi connectivity index (χ2n) is 6.23. The third-order valence-electron chi connectivity index (χ3n) is 4.31. The molecule has 3 heterocycles. The molecule has 0 saturated heterocycles. The van der Waals surface area contributed by atoms with E-state index >= 15 is 0 Å². The summed E-state index contributed by atoms with van der Waals surface area (Å²) in [5.74, 6) is 2.66. The van der Waals surface area contributed by atoms with Gasteiger partial charge in [-0.2, -0.15) is 0 Å². The summed E-state index contributed by atoms with van der Waals surface area (Å²) in [5, 5.41) is 4.25. The highest BCUT2D eigenvalue weighted by molar-refractivity contribution is 7.22. The van der Waals surface area contributed by atoms with Crippen molar-refractivity contribution in [2.75, 3.05) is 19.2 Å². The van der Waals surface area contributed by atoms with Gasteiger partial charge >= 0.3 is 5.97 Å². The third-order valence-corrected chi connectivity index (χ3v) is 5.47. The molecule has 1 aromatic carbocycles. The summed E-state index contributed by atoms with van der Waals surface area (Å²) < 4.78 is 16.1. The number of aromatic nitrogens is 2. The molecule has 1 aliphatic heterocycles. The van der Waals surface area contributed by atoms with Crippen molar-refractivity contribution in [3.8, 4) is 11.5 Å². The van der Waals surface area contributed by atoms with Gasteiger partial charge in [-0.1, -0.05) is 17.7 Å². The average molecular weight is 420 g/mol. The predicted molar refractivity (Wildman–Crippen MR) is 107 cm³/mol. The lowest BCUT2D eigenvalue weighted by molar-refractivity contribution is -0.140. The van der Waals surface area contributed by atoms with Crippen LogP contribution in [0.1, 0.15) is 24.2 Å². The Labute approximate surface area is 170 Å². The lowest BCUT2D eigenvalue weighted by Gasteiger charge is -2.09. The van der Waals surface area contributed by atoms with Gasteiger partial charge in [-0.15, -0.1) is 11.3 Å². The van der Waals surface area contributed by atoms with Gasteiger partial charge in [0, 0.05) is 19.4 Å². The zero-order chi connectivity index (χ0) is 19.5. The standard InChI is InChI=1S/C19H18ClN3O4S/c1-25-17(24)4-2-3-16-22-18(12-8-15(20)28-19(12)23-16)21-9-11-5-6-13-14(7-11)27-10-26-13/h5-8H,2-4,9-10H2,1H3,(H,21,22,23). The molecule has 0 unspecified atom stereocenters. The first-order valence-corrected chi connectivity index (χ1v) is 9.97. The number of carbonyl (C=O) groups is 1. The van der Waals surface area contributed by atoms with Gasteiger partial charge in [0.15, 0.2) is 11.5 Å². The first-order chi connectivity index (χ1) is 13.6. The number of ether oxygens (including phenoxy) is 3. The molecule has 0 atom stereocenters. The van der Waals surface area contributed by atoms with Crippen molar-refractivity contribution in [3.63, 3.8) is 0 Å². The van der Waals surface area contributed by atoms with Crippen molar-refractivity contribution < 1.29 is 19.0 Å². The largest absolute Gasteiger partial charge is 0.469 e. The number of nitrogens with one attached hydrogen (secondary N) is 1. The highest BCUT2D eigenvalue weighted by Gasteiger charge is 2.15. The number of thiophene rings is 1. The van der Waals surface area contributed by atoms with Crippen LogP contribution in [0.5, 0.6) is 11.5 Å². The van der Waals surface area contributed by atoms with E-state index in [0.29, 0.717) is 36.0 Å². The molecule has 0 aliphatic carbocycles. The van der Waals surface area contributed by atoms with E-state index in [9.17, 15) is 4.79 Å². The highest BCUT2D eigenvalue weighted by Crippen LogP contribution is 2.34. The van der Waals surface area contributed by atoms with E-state index in [2.05, 4.69) is 20.0 Å². The van der Waals surface area contributed by atoms with Crippen molar-refractivity contribution >= 4 is 44.9 Å². The van der Waals surface area contributed by atoms with E-state index in [1.807, 2.05) is 24.3 Å². The first kappa shape index (κ1) is 18.8. The normalized spacial score (nSPS) is 12.4. The van der Waals surface area contributed by atoms with E-state index in [4.69, 9.17) is 21.1 Å². The fraction of sp³-hybridized carbons (Fsp3) is 0.316. The smallest absolute Gasteiger partial charge is 0.305 e. The molecule has 0 amide bonds. The minimum Gasteiger partial charge on any atom is -0.469 e. The summed E-state index contributed by atoms with van der Waals surface area (Å²) >= 11 is 7.59. The Morgan fingerprint density at radius 3 is 3.00 bits per heavy atom. The van der Waals surface area contributed by atoms with Gasteiger partial charge in [0.1, 0.15) is 16.5 Å². The van der Waals surface area contributed by atoms with Crippen LogP contribution < -0.4 is 14.8 Å². The van der Waals surface area contributed by atoms with Crippen molar-refractivity contribution in [2.45, 2.75) is 25.8 Å². The van der Waals surface area contributed by atoms with Gasteiger partial charge in [-0.25, -0.2) is 9.97 Å². The number of methoxy groups -OCH3 is 1. The lowest BCUT2D eigenvalue weighted by atomic mass is 10.2. The topological polar surface area (TPSA) is 82.6 Å². The molecule has 0 bridgehead atoms. The Morgan fingerprint density at radius 2 is 2.14 bits per heavy atom. The number of benzene rings is 1. The Hall–Kier alpha value is -2.58. The van der Waals surface area contributed by atoms with E-state index in [0.717, 1.165) is 33.1 Å². The van der Waals surface area contributed by atoms with Gasteiger partial charge in [-0.3, -0.25) is 4.79 Å². The van der Waals surface area contributed by atoms with Crippen LogP contribution in [-0.4, -0.2) is 29.8 Å². The molecule has 2 aromatic heterocycles. The van der Waals surface area contributed by atoms with Gasteiger partial charge in [-0.05, 0) is 30.2 Å². The van der Waals surface area contributed by atoms with Gasteiger partial charge in [0.25, 0.3) is 0 Å². The van der Waals surface area contributed by atoms with Gasteiger partial charge in [0.05, 0.1) is 16.8 Å². The van der Waals surface area contributed by atoms with Crippen LogP contribution in [0.3, 0.4) is 0 Å². The monoisotopic (exact) mass is 419 g/mol. The van der Waals surface area contributed by atoms with Crippen LogP contribution in [0.4, 0.5) is 5.82 Å². The number of fused-ring (bicyclic) bond motifs is 2. The molecule has 146 valence electrons. The predicted octanol–water partition coefficient (Wildman–Crippen LogP) is 4.18. The maximum atomic E-state index is 11.3. The molecule has 0 radical (unpaired) electrons. The molecule has 28 heavy (non-hydrogen) atoms. The Bertz CT molecular complexity index is 1020.